The second kappa shape index (κ2) is 9.73. The molecule has 0 bridgehead atoms. The zero-order valence-electron chi connectivity index (χ0n) is 19.2. The molecule has 4 aromatic rings. The molecule has 8 nitrogen and oxygen atoms in total. The summed E-state index contributed by atoms with van der Waals surface area (Å²) in [4.78, 5) is 28.9. The molecule has 0 amide bonds. The highest BCUT2D eigenvalue weighted by Gasteiger charge is 2.18. The van der Waals surface area contributed by atoms with Crippen molar-refractivity contribution in [2.24, 2.45) is 0 Å². The number of piperidine rings is 1. The van der Waals surface area contributed by atoms with Crippen molar-refractivity contribution >= 4 is 44.0 Å². The van der Waals surface area contributed by atoms with E-state index in [1.807, 2.05) is 17.5 Å². The summed E-state index contributed by atoms with van der Waals surface area (Å²) in [5.74, 6) is 0.507. The van der Waals surface area contributed by atoms with Gasteiger partial charge in [-0.15, -0.1) is 11.3 Å². The van der Waals surface area contributed by atoms with Crippen LogP contribution in [0, 0.1) is 0 Å². The van der Waals surface area contributed by atoms with Gasteiger partial charge in [0, 0.05) is 43.8 Å². The minimum Gasteiger partial charge on any atom is -0.397 e. The van der Waals surface area contributed by atoms with Gasteiger partial charge in [0.2, 0.25) is 0 Å². The number of hydrogen-bond donors (Lipinski definition) is 4. The Bertz CT molecular complexity index is 1330. The monoisotopic (exact) mass is 483 g/mol. The Labute approximate surface area is 201 Å². The molecule has 5 heterocycles. The SMILES string of the molecule is CN1CCN(c2ccc3nc(-c4c(N)c5ccsc5[nH]c4=O)[nH]c3c2)CC1.FC1CCCNC1. The van der Waals surface area contributed by atoms with Crippen molar-refractivity contribution in [3.63, 3.8) is 0 Å². The summed E-state index contributed by atoms with van der Waals surface area (Å²) in [5.41, 5.74) is 9.84. The largest absolute Gasteiger partial charge is 0.397 e. The smallest absolute Gasteiger partial charge is 0.262 e. The molecule has 2 saturated heterocycles. The lowest BCUT2D eigenvalue weighted by molar-refractivity contribution is 0.266. The van der Waals surface area contributed by atoms with Crippen LogP contribution in [0.15, 0.2) is 34.4 Å². The van der Waals surface area contributed by atoms with E-state index in [0.29, 0.717) is 23.6 Å². The Kier molecular flexibility index (Phi) is 6.53. The van der Waals surface area contributed by atoms with Gasteiger partial charge in [-0.05, 0) is 56.1 Å². The van der Waals surface area contributed by atoms with Crippen LogP contribution in [-0.2, 0) is 0 Å². The highest BCUT2D eigenvalue weighted by atomic mass is 32.1. The highest BCUT2D eigenvalue weighted by molar-refractivity contribution is 7.16. The Morgan fingerprint density at radius 3 is 2.71 bits per heavy atom. The predicted octanol–water partition coefficient (Wildman–Crippen LogP) is 3.17. The molecule has 0 saturated carbocycles. The van der Waals surface area contributed by atoms with Gasteiger partial charge in [-0.1, -0.05) is 0 Å². The van der Waals surface area contributed by atoms with E-state index in [1.165, 1.54) is 17.0 Å². The number of likely N-dealkylation sites (N-methyl/N-ethyl adjacent to an activating group) is 1. The molecule has 34 heavy (non-hydrogen) atoms. The molecule has 6 rings (SSSR count). The summed E-state index contributed by atoms with van der Waals surface area (Å²) in [7, 11) is 2.15. The number of alkyl halides is 1. The van der Waals surface area contributed by atoms with E-state index in [1.54, 1.807) is 0 Å². The summed E-state index contributed by atoms with van der Waals surface area (Å²) >= 11 is 1.47. The first kappa shape index (κ1) is 22.8. The number of nitrogens with zero attached hydrogens (tertiary/aromatic N) is 3. The Morgan fingerprint density at radius 1 is 1.18 bits per heavy atom. The third-order valence-electron chi connectivity index (χ3n) is 6.49. The van der Waals surface area contributed by atoms with Crippen LogP contribution >= 0.6 is 11.3 Å². The molecule has 2 aliphatic rings. The molecule has 180 valence electrons. The number of hydrogen-bond acceptors (Lipinski definition) is 7. The maximum atomic E-state index is 12.6. The average Bonchev–Trinajstić information content (AvgIpc) is 3.47. The lowest BCUT2D eigenvalue weighted by Crippen LogP contribution is -2.44. The molecule has 0 aliphatic carbocycles. The predicted molar refractivity (Wildman–Crippen MR) is 139 cm³/mol. The summed E-state index contributed by atoms with van der Waals surface area (Å²) in [5, 5.41) is 5.73. The van der Waals surface area contributed by atoms with E-state index < -0.39 is 6.17 Å². The van der Waals surface area contributed by atoms with Crippen molar-refractivity contribution in [3.8, 4) is 11.4 Å². The maximum Gasteiger partial charge on any atom is 0.262 e. The quantitative estimate of drug-likeness (QED) is 0.349. The number of anilines is 2. The maximum absolute atomic E-state index is 12.6. The van der Waals surface area contributed by atoms with Crippen LogP contribution in [0.4, 0.5) is 15.8 Å². The Balaban J connectivity index is 0.000000297. The molecule has 1 unspecified atom stereocenters. The average molecular weight is 484 g/mol. The van der Waals surface area contributed by atoms with E-state index in [4.69, 9.17) is 5.73 Å². The van der Waals surface area contributed by atoms with Gasteiger partial charge in [0.25, 0.3) is 5.56 Å². The Morgan fingerprint density at radius 2 is 2.00 bits per heavy atom. The van der Waals surface area contributed by atoms with E-state index in [0.717, 1.165) is 66.8 Å². The molecule has 10 heteroatoms. The van der Waals surface area contributed by atoms with Gasteiger partial charge < -0.3 is 30.8 Å². The van der Waals surface area contributed by atoms with Gasteiger partial charge >= 0.3 is 0 Å². The number of H-pyrrole nitrogens is 2. The fraction of sp³-hybridized carbons (Fsp3) is 0.417. The van der Waals surface area contributed by atoms with E-state index in [9.17, 15) is 9.18 Å². The molecule has 2 fully saturated rings. The van der Waals surface area contributed by atoms with Crippen LogP contribution in [0.3, 0.4) is 0 Å². The molecule has 1 atom stereocenters. The van der Waals surface area contributed by atoms with E-state index >= 15 is 0 Å². The number of aromatic amines is 2. The third-order valence-corrected chi connectivity index (χ3v) is 7.32. The number of benzene rings is 1. The topological polar surface area (TPSA) is 106 Å². The van der Waals surface area contributed by atoms with E-state index in [2.05, 4.69) is 49.2 Å². The van der Waals surface area contributed by atoms with Gasteiger partial charge in [-0.2, -0.15) is 0 Å². The molecule has 3 aromatic heterocycles. The zero-order chi connectivity index (χ0) is 23.7. The van der Waals surface area contributed by atoms with Crippen LogP contribution in [0.2, 0.25) is 0 Å². The summed E-state index contributed by atoms with van der Waals surface area (Å²) in [6.07, 6.45) is 1.18. The molecule has 0 radical (unpaired) electrons. The zero-order valence-corrected chi connectivity index (χ0v) is 20.1. The van der Waals surface area contributed by atoms with Crippen LogP contribution in [0.5, 0.6) is 0 Å². The summed E-state index contributed by atoms with van der Waals surface area (Å²) < 4.78 is 12.1. The van der Waals surface area contributed by atoms with Crippen molar-refractivity contribution in [1.29, 1.82) is 0 Å². The standard InChI is InChI=1S/C19H20N6OS.C5H10FN/c1-24-5-7-25(8-6-24)11-2-3-13-14(10-11)22-17(21-13)15-16(20)12-4-9-27-19(12)23-18(15)26;6-5-2-1-3-7-4-5/h2-4,9-10H,5-8H2,1H3,(H,21,22)(H3,20,23,26);5,7H,1-4H2. The lowest BCUT2D eigenvalue weighted by Gasteiger charge is -2.34. The first-order chi connectivity index (χ1) is 16.5. The minimum absolute atomic E-state index is 0.221. The normalized spacial score (nSPS) is 19.4. The minimum atomic E-state index is -0.575. The first-order valence-electron chi connectivity index (χ1n) is 11.7. The van der Waals surface area contributed by atoms with Crippen molar-refractivity contribution in [2.45, 2.75) is 19.0 Å². The molecular weight excluding hydrogens is 453 g/mol. The third kappa shape index (κ3) is 4.66. The number of nitrogens with two attached hydrogens (primary N) is 1. The number of rotatable bonds is 2. The molecule has 2 aliphatic heterocycles. The van der Waals surface area contributed by atoms with Gasteiger partial charge in [-0.3, -0.25) is 4.79 Å². The molecule has 5 N–H and O–H groups in total. The van der Waals surface area contributed by atoms with Gasteiger partial charge in [0.1, 0.15) is 22.4 Å². The number of pyridine rings is 1. The Hall–Kier alpha value is -2.95. The second-order valence-electron chi connectivity index (χ2n) is 8.93. The number of fused-ring (bicyclic) bond motifs is 2. The molecular formula is C24H30FN7OS. The summed E-state index contributed by atoms with van der Waals surface area (Å²) in [6.45, 7) is 5.69. The summed E-state index contributed by atoms with van der Waals surface area (Å²) in [6, 6.07) is 8.11. The molecule has 1 aromatic carbocycles. The van der Waals surface area contributed by atoms with Crippen molar-refractivity contribution in [3.05, 3.63) is 40.0 Å². The number of aromatic nitrogens is 3. The van der Waals surface area contributed by atoms with Crippen molar-refractivity contribution in [1.82, 2.24) is 25.2 Å². The lowest BCUT2D eigenvalue weighted by atomic mass is 10.1. The number of halogens is 1. The first-order valence-corrected chi connectivity index (χ1v) is 12.5. The van der Waals surface area contributed by atoms with Crippen LogP contribution in [0.1, 0.15) is 12.8 Å². The van der Waals surface area contributed by atoms with Gasteiger partial charge in [0.15, 0.2) is 0 Å². The van der Waals surface area contributed by atoms with Gasteiger partial charge in [-0.25, -0.2) is 9.37 Å². The number of imidazole rings is 1. The number of nitrogens with one attached hydrogen (secondary N) is 3. The molecule has 0 spiro atoms. The van der Waals surface area contributed by atoms with Crippen molar-refractivity contribution < 1.29 is 4.39 Å². The second-order valence-corrected chi connectivity index (χ2v) is 9.84. The van der Waals surface area contributed by atoms with Crippen LogP contribution in [0.25, 0.3) is 32.6 Å². The number of thiophene rings is 1. The number of nitrogen functional groups attached to an aromatic ring is 1. The highest BCUT2D eigenvalue weighted by Crippen LogP contribution is 2.31. The van der Waals surface area contributed by atoms with Gasteiger partial charge in [0.05, 0.1) is 16.7 Å². The number of piperazine rings is 1. The van der Waals surface area contributed by atoms with Crippen molar-refractivity contribution in [2.75, 3.05) is 56.9 Å². The van der Waals surface area contributed by atoms with Crippen LogP contribution in [-0.4, -0.2) is 72.3 Å². The van der Waals surface area contributed by atoms with E-state index in [-0.39, 0.29) is 5.56 Å². The fourth-order valence-electron chi connectivity index (χ4n) is 4.46. The fourth-order valence-corrected chi connectivity index (χ4v) is 5.26. The van der Waals surface area contributed by atoms with Crippen LogP contribution < -0.4 is 21.5 Å².